The smallest absolute Gasteiger partial charge is 0.248 e. The van der Waals surface area contributed by atoms with E-state index in [9.17, 15) is 8.42 Å². The molecule has 1 aromatic heterocycles. The minimum Gasteiger partial charge on any atom is -0.493 e. The van der Waals surface area contributed by atoms with Gasteiger partial charge in [0.25, 0.3) is 0 Å². The molecule has 0 bridgehead atoms. The minimum atomic E-state index is -3.60. The van der Waals surface area contributed by atoms with Crippen LogP contribution in [-0.2, 0) is 16.4 Å². The predicted octanol–water partition coefficient (Wildman–Crippen LogP) is 2.56. The zero-order valence-corrected chi connectivity index (χ0v) is 16.0. The molecule has 1 aromatic carbocycles. The summed E-state index contributed by atoms with van der Waals surface area (Å²) in [6, 6.07) is 5.70. The van der Waals surface area contributed by atoms with Gasteiger partial charge in [-0.1, -0.05) is 11.2 Å². The summed E-state index contributed by atoms with van der Waals surface area (Å²) in [6.45, 7) is 3.62. The maximum absolute atomic E-state index is 12.7. The molecule has 2 rings (SSSR count). The molecule has 8 heteroatoms. The fraction of sp³-hybridized carbons (Fsp3) is 0.471. The Bertz CT molecular complexity index is 810. The van der Waals surface area contributed by atoms with Gasteiger partial charge in [0.1, 0.15) is 10.6 Å². The number of benzene rings is 1. The molecule has 1 heterocycles. The van der Waals surface area contributed by atoms with Gasteiger partial charge in [-0.2, -0.15) is 0 Å². The van der Waals surface area contributed by atoms with Crippen molar-refractivity contribution in [1.29, 1.82) is 0 Å². The van der Waals surface area contributed by atoms with E-state index < -0.39 is 10.0 Å². The molecule has 0 atom stereocenters. The van der Waals surface area contributed by atoms with Crippen LogP contribution >= 0.6 is 0 Å². The van der Waals surface area contributed by atoms with Crippen LogP contribution in [0.25, 0.3) is 0 Å². The van der Waals surface area contributed by atoms with Crippen molar-refractivity contribution in [3.63, 3.8) is 0 Å². The standard InChI is InChI=1S/C17H24N2O5S/c1-12-17(13(2)24-18-12)25(20,21)19(3)10-6-7-14-8-9-15(22-4)16(11-14)23-5/h8-9,11H,6-7,10H2,1-5H3. The number of hydrogen-bond donors (Lipinski definition) is 0. The third-order valence-electron chi connectivity index (χ3n) is 4.02. The van der Waals surface area contributed by atoms with E-state index in [2.05, 4.69) is 5.16 Å². The van der Waals surface area contributed by atoms with Crippen molar-refractivity contribution in [1.82, 2.24) is 9.46 Å². The number of rotatable bonds is 8. The van der Waals surface area contributed by atoms with Gasteiger partial charge in [-0.05, 0) is 44.4 Å². The van der Waals surface area contributed by atoms with Crippen LogP contribution in [0.4, 0.5) is 0 Å². The summed E-state index contributed by atoms with van der Waals surface area (Å²) < 4.78 is 42.1. The van der Waals surface area contributed by atoms with E-state index in [-0.39, 0.29) is 4.90 Å². The largest absolute Gasteiger partial charge is 0.493 e. The summed E-state index contributed by atoms with van der Waals surface area (Å²) in [5.41, 5.74) is 1.44. The van der Waals surface area contributed by atoms with Crippen molar-refractivity contribution in [3.8, 4) is 11.5 Å². The number of sulfonamides is 1. The Labute approximate surface area is 148 Å². The number of aryl methyl sites for hydroxylation is 3. The summed E-state index contributed by atoms with van der Waals surface area (Å²) in [6.07, 6.45) is 1.40. The van der Waals surface area contributed by atoms with Gasteiger partial charge < -0.3 is 14.0 Å². The summed E-state index contributed by atoms with van der Waals surface area (Å²) in [5.74, 6) is 1.64. The molecule has 138 valence electrons. The van der Waals surface area contributed by atoms with Gasteiger partial charge in [-0.15, -0.1) is 0 Å². The van der Waals surface area contributed by atoms with E-state index in [1.54, 1.807) is 35.1 Å². The molecule has 25 heavy (non-hydrogen) atoms. The second kappa shape index (κ2) is 7.88. The molecule has 0 N–H and O–H groups in total. The highest BCUT2D eigenvalue weighted by atomic mass is 32.2. The van der Waals surface area contributed by atoms with Gasteiger partial charge in [0, 0.05) is 13.6 Å². The van der Waals surface area contributed by atoms with Crippen molar-refractivity contribution >= 4 is 10.0 Å². The summed E-state index contributed by atoms with van der Waals surface area (Å²) in [5, 5.41) is 3.72. The first-order valence-electron chi connectivity index (χ1n) is 7.91. The van der Waals surface area contributed by atoms with Gasteiger partial charge in [-0.25, -0.2) is 12.7 Å². The van der Waals surface area contributed by atoms with E-state index in [0.29, 0.717) is 35.9 Å². The molecule has 0 radical (unpaired) electrons. The van der Waals surface area contributed by atoms with Crippen LogP contribution < -0.4 is 9.47 Å². The summed E-state index contributed by atoms with van der Waals surface area (Å²) in [7, 11) is 1.14. The first-order chi connectivity index (χ1) is 11.8. The van der Waals surface area contributed by atoms with Crippen molar-refractivity contribution in [2.24, 2.45) is 0 Å². The van der Waals surface area contributed by atoms with E-state index in [1.165, 1.54) is 4.31 Å². The number of hydrogen-bond acceptors (Lipinski definition) is 6. The molecular formula is C17H24N2O5S. The molecule has 0 spiro atoms. The normalized spacial score (nSPS) is 11.8. The Morgan fingerprint density at radius 1 is 1.16 bits per heavy atom. The Kier molecular flexibility index (Phi) is 6.07. The molecule has 7 nitrogen and oxygen atoms in total. The van der Waals surface area contributed by atoms with Crippen LogP contribution in [0.2, 0.25) is 0 Å². The molecule has 0 aliphatic carbocycles. The quantitative estimate of drug-likeness (QED) is 0.712. The van der Waals surface area contributed by atoms with Crippen molar-refractivity contribution in [2.45, 2.75) is 31.6 Å². The topological polar surface area (TPSA) is 81.9 Å². The van der Waals surface area contributed by atoms with Gasteiger partial charge in [0.15, 0.2) is 17.3 Å². The highest BCUT2D eigenvalue weighted by Crippen LogP contribution is 2.28. The number of ether oxygens (including phenoxy) is 2. The average molecular weight is 368 g/mol. The maximum Gasteiger partial charge on any atom is 0.248 e. The van der Waals surface area contributed by atoms with Crippen molar-refractivity contribution < 1.29 is 22.4 Å². The van der Waals surface area contributed by atoms with E-state index in [4.69, 9.17) is 14.0 Å². The van der Waals surface area contributed by atoms with Crippen LogP contribution in [0.15, 0.2) is 27.6 Å². The van der Waals surface area contributed by atoms with Crippen LogP contribution in [0.1, 0.15) is 23.4 Å². The molecule has 0 saturated heterocycles. The lowest BCUT2D eigenvalue weighted by Crippen LogP contribution is -2.29. The van der Waals surface area contributed by atoms with Gasteiger partial charge >= 0.3 is 0 Å². The number of nitrogens with zero attached hydrogens (tertiary/aromatic N) is 2. The first kappa shape index (κ1) is 19.3. The third-order valence-corrected chi connectivity index (χ3v) is 6.12. The maximum atomic E-state index is 12.7. The number of methoxy groups -OCH3 is 2. The molecule has 0 unspecified atom stereocenters. The lowest BCUT2D eigenvalue weighted by molar-refractivity contribution is 0.354. The van der Waals surface area contributed by atoms with Crippen LogP contribution in [-0.4, -0.2) is 45.7 Å². The zero-order valence-electron chi connectivity index (χ0n) is 15.2. The average Bonchev–Trinajstić information content (AvgIpc) is 2.93. The highest BCUT2D eigenvalue weighted by Gasteiger charge is 2.28. The van der Waals surface area contributed by atoms with Crippen molar-refractivity contribution in [2.75, 3.05) is 27.8 Å². The second-order valence-corrected chi connectivity index (χ2v) is 7.75. The summed E-state index contributed by atoms with van der Waals surface area (Å²) in [4.78, 5) is 0.154. The van der Waals surface area contributed by atoms with Crippen LogP contribution in [0, 0.1) is 13.8 Å². The molecule has 0 aliphatic heterocycles. The lowest BCUT2D eigenvalue weighted by Gasteiger charge is -2.17. The number of aromatic nitrogens is 1. The Morgan fingerprint density at radius 3 is 2.40 bits per heavy atom. The van der Waals surface area contributed by atoms with E-state index in [1.807, 2.05) is 18.2 Å². The van der Waals surface area contributed by atoms with E-state index >= 15 is 0 Å². The Morgan fingerprint density at radius 2 is 1.84 bits per heavy atom. The fourth-order valence-electron chi connectivity index (χ4n) is 2.66. The predicted molar refractivity (Wildman–Crippen MR) is 93.7 cm³/mol. The van der Waals surface area contributed by atoms with Gasteiger partial charge in [-0.3, -0.25) is 0 Å². The molecular weight excluding hydrogens is 344 g/mol. The summed E-state index contributed by atoms with van der Waals surface area (Å²) >= 11 is 0. The monoisotopic (exact) mass is 368 g/mol. The third kappa shape index (κ3) is 4.13. The first-order valence-corrected chi connectivity index (χ1v) is 9.35. The van der Waals surface area contributed by atoms with Crippen LogP contribution in [0.3, 0.4) is 0 Å². The molecule has 2 aromatic rings. The molecule has 0 fully saturated rings. The fourth-order valence-corrected chi connectivity index (χ4v) is 4.15. The lowest BCUT2D eigenvalue weighted by atomic mass is 10.1. The highest BCUT2D eigenvalue weighted by molar-refractivity contribution is 7.89. The molecule has 0 aliphatic rings. The SMILES string of the molecule is COc1ccc(CCCN(C)S(=O)(=O)c2c(C)noc2C)cc1OC. The molecule has 0 saturated carbocycles. The Balaban J connectivity index is 2.02. The second-order valence-electron chi connectivity index (χ2n) is 5.77. The Hall–Kier alpha value is -2.06. The van der Waals surface area contributed by atoms with Crippen molar-refractivity contribution in [3.05, 3.63) is 35.2 Å². The minimum absolute atomic E-state index is 0.154. The van der Waals surface area contributed by atoms with Gasteiger partial charge in [0.05, 0.1) is 14.2 Å². The van der Waals surface area contributed by atoms with Crippen LogP contribution in [0.5, 0.6) is 11.5 Å². The van der Waals surface area contributed by atoms with Gasteiger partial charge in [0.2, 0.25) is 10.0 Å². The van der Waals surface area contributed by atoms with E-state index in [0.717, 1.165) is 12.0 Å². The zero-order chi connectivity index (χ0) is 18.6. The molecule has 0 amide bonds.